The van der Waals surface area contributed by atoms with E-state index in [4.69, 9.17) is 0 Å². The number of halogens is 2. The van der Waals surface area contributed by atoms with Crippen molar-refractivity contribution in [3.05, 3.63) is 0 Å². The van der Waals surface area contributed by atoms with E-state index in [0.717, 1.165) is 0 Å². The van der Waals surface area contributed by atoms with Crippen LogP contribution in [-0.4, -0.2) is 5.92 Å². The van der Waals surface area contributed by atoms with Crippen molar-refractivity contribution in [3.63, 3.8) is 0 Å². The van der Waals surface area contributed by atoms with E-state index in [1.807, 2.05) is 6.92 Å². The van der Waals surface area contributed by atoms with Crippen LogP contribution in [0.4, 0.5) is 8.78 Å². The Kier molecular flexibility index (Phi) is 5.43. The highest BCUT2D eigenvalue weighted by Crippen LogP contribution is 2.35. The van der Waals surface area contributed by atoms with Crippen LogP contribution in [0.2, 0.25) is 0 Å². The molecule has 2 heteroatoms. The molecule has 0 saturated heterocycles. The highest BCUT2D eigenvalue weighted by atomic mass is 19.3. The van der Waals surface area contributed by atoms with Gasteiger partial charge < -0.3 is 0 Å². The molecule has 0 atom stereocenters. The monoisotopic (exact) mass is 178 g/mol. The molecule has 0 spiro atoms. The SMILES string of the molecule is CC1CCC(F)(F)CC1.CCC. The summed E-state index contributed by atoms with van der Waals surface area (Å²) in [4.78, 5) is 0. The van der Waals surface area contributed by atoms with Gasteiger partial charge in [0.2, 0.25) is 5.92 Å². The first-order chi connectivity index (χ1) is 5.52. The first-order valence-electron chi connectivity index (χ1n) is 4.89. The van der Waals surface area contributed by atoms with E-state index in [1.165, 1.54) is 6.42 Å². The van der Waals surface area contributed by atoms with Crippen molar-refractivity contribution in [1.29, 1.82) is 0 Å². The molecule has 0 radical (unpaired) electrons. The van der Waals surface area contributed by atoms with Crippen molar-refractivity contribution in [2.24, 2.45) is 5.92 Å². The summed E-state index contributed by atoms with van der Waals surface area (Å²) < 4.78 is 24.8. The van der Waals surface area contributed by atoms with E-state index in [2.05, 4.69) is 13.8 Å². The summed E-state index contributed by atoms with van der Waals surface area (Å²) >= 11 is 0. The zero-order chi connectivity index (χ0) is 9.61. The third-order valence-corrected chi connectivity index (χ3v) is 2.01. The predicted molar refractivity (Wildman–Crippen MR) is 48.5 cm³/mol. The first kappa shape index (κ1) is 11.9. The van der Waals surface area contributed by atoms with E-state index >= 15 is 0 Å². The fraction of sp³-hybridized carbons (Fsp3) is 1.00. The zero-order valence-electron chi connectivity index (χ0n) is 8.37. The van der Waals surface area contributed by atoms with Gasteiger partial charge in [-0.25, -0.2) is 8.78 Å². The largest absolute Gasteiger partial charge is 0.248 e. The van der Waals surface area contributed by atoms with Gasteiger partial charge in [0.05, 0.1) is 0 Å². The minimum absolute atomic E-state index is 0.105. The topological polar surface area (TPSA) is 0 Å². The minimum Gasteiger partial charge on any atom is -0.207 e. The normalized spacial score (nSPS) is 22.8. The van der Waals surface area contributed by atoms with Gasteiger partial charge in [0, 0.05) is 12.8 Å². The molecular weight excluding hydrogens is 158 g/mol. The van der Waals surface area contributed by atoms with Crippen LogP contribution in [0, 0.1) is 5.92 Å². The fourth-order valence-corrected chi connectivity index (χ4v) is 1.18. The van der Waals surface area contributed by atoms with Gasteiger partial charge in [0.25, 0.3) is 0 Å². The second kappa shape index (κ2) is 5.50. The molecule has 0 bridgehead atoms. The van der Waals surface area contributed by atoms with Gasteiger partial charge in [-0.05, 0) is 18.8 Å². The third-order valence-electron chi connectivity index (χ3n) is 2.01. The molecule has 0 aromatic carbocycles. The highest BCUT2D eigenvalue weighted by molar-refractivity contribution is 4.74. The lowest BCUT2D eigenvalue weighted by molar-refractivity contribution is -0.0438. The van der Waals surface area contributed by atoms with Gasteiger partial charge in [0.1, 0.15) is 0 Å². The van der Waals surface area contributed by atoms with Gasteiger partial charge in [0.15, 0.2) is 0 Å². The Morgan fingerprint density at radius 3 is 1.75 bits per heavy atom. The van der Waals surface area contributed by atoms with Crippen LogP contribution >= 0.6 is 0 Å². The molecular formula is C10H20F2. The maximum Gasteiger partial charge on any atom is 0.248 e. The second-order valence-electron chi connectivity index (χ2n) is 3.75. The van der Waals surface area contributed by atoms with E-state index < -0.39 is 5.92 Å². The smallest absolute Gasteiger partial charge is 0.207 e. The molecule has 0 aromatic rings. The maximum atomic E-state index is 12.4. The predicted octanol–water partition coefficient (Wildman–Crippen LogP) is 4.25. The van der Waals surface area contributed by atoms with Crippen LogP contribution in [0.5, 0.6) is 0 Å². The van der Waals surface area contributed by atoms with Crippen LogP contribution in [0.1, 0.15) is 52.9 Å². The van der Waals surface area contributed by atoms with Gasteiger partial charge in [-0.1, -0.05) is 27.2 Å². The molecule has 74 valence electrons. The first-order valence-corrected chi connectivity index (χ1v) is 4.89. The summed E-state index contributed by atoms with van der Waals surface area (Å²) in [6.45, 7) is 6.29. The Morgan fingerprint density at radius 1 is 1.17 bits per heavy atom. The van der Waals surface area contributed by atoms with Crippen molar-refractivity contribution in [2.45, 2.75) is 58.8 Å². The van der Waals surface area contributed by atoms with Gasteiger partial charge in [-0.3, -0.25) is 0 Å². The van der Waals surface area contributed by atoms with Crippen LogP contribution in [-0.2, 0) is 0 Å². The van der Waals surface area contributed by atoms with Crippen molar-refractivity contribution < 1.29 is 8.78 Å². The molecule has 0 N–H and O–H groups in total. The molecule has 0 aromatic heterocycles. The number of alkyl halides is 2. The van der Waals surface area contributed by atoms with Crippen molar-refractivity contribution in [3.8, 4) is 0 Å². The Morgan fingerprint density at radius 2 is 1.50 bits per heavy atom. The van der Waals surface area contributed by atoms with Gasteiger partial charge in [-0.15, -0.1) is 0 Å². The third kappa shape index (κ3) is 5.50. The number of hydrogen-bond acceptors (Lipinski definition) is 0. The average Bonchev–Trinajstić information content (AvgIpc) is 1.98. The molecule has 1 aliphatic rings. The summed E-state index contributed by atoms with van der Waals surface area (Å²) in [6, 6.07) is 0. The standard InChI is InChI=1S/C7H12F2.C3H8/c1-6-2-4-7(8,9)5-3-6;1-3-2/h6H,2-5H2,1H3;3H2,1-2H3. The van der Waals surface area contributed by atoms with Crippen molar-refractivity contribution >= 4 is 0 Å². The number of hydrogen-bond donors (Lipinski definition) is 0. The molecule has 12 heavy (non-hydrogen) atoms. The molecule has 0 unspecified atom stereocenters. The molecule has 1 aliphatic carbocycles. The Hall–Kier alpha value is -0.140. The zero-order valence-corrected chi connectivity index (χ0v) is 8.37. The molecule has 0 heterocycles. The van der Waals surface area contributed by atoms with Crippen LogP contribution in [0.15, 0.2) is 0 Å². The van der Waals surface area contributed by atoms with E-state index in [0.29, 0.717) is 18.8 Å². The quantitative estimate of drug-likeness (QED) is 0.520. The molecule has 0 aliphatic heterocycles. The molecule has 1 rings (SSSR count). The van der Waals surface area contributed by atoms with Crippen LogP contribution < -0.4 is 0 Å². The summed E-state index contributed by atoms with van der Waals surface area (Å²) in [6.07, 6.45) is 2.86. The van der Waals surface area contributed by atoms with Crippen LogP contribution in [0.25, 0.3) is 0 Å². The lowest BCUT2D eigenvalue weighted by Crippen LogP contribution is -2.23. The van der Waals surface area contributed by atoms with E-state index in [9.17, 15) is 8.78 Å². The Bertz CT molecular complexity index is 100. The maximum absolute atomic E-state index is 12.4. The second-order valence-corrected chi connectivity index (χ2v) is 3.75. The summed E-state index contributed by atoms with van der Waals surface area (Å²) in [5.74, 6) is -1.82. The number of rotatable bonds is 0. The Balaban J connectivity index is 0.000000354. The van der Waals surface area contributed by atoms with E-state index in [1.54, 1.807) is 0 Å². The fourth-order valence-electron chi connectivity index (χ4n) is 1.18. The van der Waals surface area contributed by atoms with Gasteiger partial charge >= 0.3 is 0 Å². The lowest BCUT2D eigenvalue weighted by Gasteiger charge is -2.25. The highest BCUT2D eigenvalue weighted by Gasteiger charge is 2.32. The van der Waals surface area contributed by atoms with Crippen molar-refractivity contribution in [1.82, 2.24) is 0 Å². The lowest BCUT2D eigenvalue weighted by atomic mass is 9.88. The Labute approximate surface area is 74.4 Å². The molecule has 1 saturated carbocycles. The van der Waals surface area contributed by atoms with Crippen LogP contribution in [0.3, 0.4) is 0 Å². The molecule has 0 amide bonds. The summed E-state index contributed by atoms with van der Waals surface area (Å²) in [7, 11) is 0. The summed E-state index contributed by atoms with van der Waals surface area (Å²) in [5.41, 5.74) is 0. The van der Waals surface area contributed by atoms with E-state index in [-0.39, 0.29) is 12.8 Å². The summed E-state index contributed by atoms with van der Waals surface area (Å²) in [5, 5.41) is 0. The molecule has 1 fully saturated rings. The van der Waals surface area contributed by atoms with Crippen molar-refractivity contribution in [2.75, 3.05) is 0 Å². The average molecular weight is 178 g/mol. The molecule has 0 nitrogen and oxygen atoms in total. The minimum atomic E-state index is -2.34. The van der Waals surface area contributed by atoms with Gasteiger partial charge in [-0.2, -0.15) is 0 Å².